The van der Waals surface area contributed by atoms with Gasteiger partial charge in [-0.25, -0.2) is 5.48 Å². The van der Waals surface area contributed by atoms with Gasteiger partial charge in [0.05, 0.1) is 0 Å². The maximum atomic E-state index is 12.3. The van der Waals surface area contributed by atoms with Crippen molar-refractivity contribution in [3.8, 4) is 0 Å². The van der Waals surface area contributed by atoms with Gasteiger partial charge in [-0.15, -0.1) is 0 Å². The van der Waals surface area contributed by atoms with Crippen LogP contribution in [0.5, 0.6) is 0 Å². The lowest BCUT2D eigenvalue weighted by molar-refractivity contribution is -0.140. The van der Waals surface area contributed by atoms with Gasteiger partial charge in [0.15, 0.2) is 0 Å². The van der Waals surface area contributed by atoms with Crippen LogP contribution < -0.4 is 10.8 Å². The van der Waals surface area contributed by atoms with Gasteiger partial charge in [-0.1, -0.05) is 60.7 Å². The second kappa shape index (κ2) is 8.70. The van der Waals surface area contributed by atoms with E-state index in [2.05, 4.69) is 5.32 Å². The van der Waals surface area contributed by atoms with E-state index in [4.69, 9.17) is 5.21 Å². The molecule has 0 aliphatic carbocycles. The van der Waals surface area contributed by atoms with Gasteiger partial charge in [-0.05, 0) is 24.0 Å². The van der Waals surface area contributed by atoms with Gasteiger partial charge in [0.1, 0.15) is 5.92 Å². The summed E-state index contributed by atoms with van der Waals surface area (Å²) in [6.07, 6.45) is 0.926. The molecule has 1 unspecified atom stereocenters. The average Bonchev–Trinajstić information content (AvgIpc) is 2.60. The molecule has 2 aromatic carbocycles. The smallest absolute Gasteiger partial charge is 0.256 e. The minimum Gasteiger partial charge on any atom is -0.355 e. The lowest BCUT2D eigenvalue weighted by Crippen LogP contribution is -2.42. The van der Waals surface area contributed by atoms with Crippen LogP contribution in [-0.2, 0) is 22.4 Å². The predicted octanol–water partition coefficient (Wildman–Crippen LogP) is 1.71. The molecule has 3 N–H and O–H groups in total. The third-order valence-electron chi connectivity index (χ3n) is 3.58. The first-order chi connectivity index (χ1) is 11.2. The molecule has 0 saturated carbocycles. The van der Waals surface area contributed by atoms with Crippen LogP contribution in [0.25, 0.3) is 0 Å². The normalized spacial score (nSPS) is 11.5. The monoisotopic (exact) mass is 312 g/mol. The van der Waals surface area contributed by atoms with E-state index in [0.717, 1.165) is 11.1 Å². The Kier molecular flexibility index (Phi) is 6.32. The van der Waals surface area contributed by atoms with E-state index in [9.17, 15) is 9.59 Å². The molecule has 0 fully saturated rings. The summed E-state index contributed by atoms with van der Waals surface area (Å²) in [6, 6.07) is 19.0. The highest BCUT2D eigenvalue weighted by atomic mass is 16.5. The second-order valence-corrected chi connectivity index (χ2v) is 5.24. The topological polar surface area (TPSA) is 78.4 Å². The highest BCUT2D eigenvalue weighted by molar-refractivity contribution is 6.00. The van der Waals surface area contributed by atoms with E-state index in [1.807, 2.05) is 60.7 Å². The molecule has 120 valence electrons. The fourth-order valence-electron chi connectivity index (χ4n) is 2.33. The Bertz CT molecular complexity index is 629. The van der Waals surface area contributed by atoms with Gasteiger partial charge < -0.3 is 5.32 Å². The summed E-state index contributed by atoms with van der Waals surface area (Å²) in [6.45, 7) is 0.437. The number of hydrogen-bond acceptors (Lipinski definition) is 3. The van der Waals surface area contributed by atoms with E-state index in [0.29, 0.717) is 13.0 Å². The maximum absolute atomic E-state index is 12.3. The first-order valence-electron chi connectivity index (χ1n) is 7.50. The molecular weight excluding hydrogens is 292 g/mol. The number of hydrogen-bond donors (Lipinski definition) is 3. The largest absolute Gasteiger partial charge is 0.355 e. The standard InChI is InChI=1S/C18H20N2O3/c21-17(19-12-11-14-7-3-1-4-8-14)16(18(22)20-23)13-15-9-5-2-6-10-15/h1-10,16,23H,11-13H2,(H,19,21)(H,20,22). The Hall–Kier alpha value is -2.66. The number of benzene rings is 2. The van der Waals surface area contributed by atoms with Crippen molar-refractivity contribution in [1.29, 1.82) is 0 Å². The lowest BCUT2D eigenvalue weighted by atomic mass is 9.97. The molecule has 0 aliphatic rings. The van der Waals surface area contributed by atoms with Crippen molar-refractivity contribution in [2.24, 2.45) is 5.92 Å². The van der Waals surface area contributed by atoms with Gasteiger partial charge in [0, 0.05) is 6.54 Å². The van der Waals surface area contributed by atoms with Crippen molar-refractivity contribution in [3.05, 3.63) is 71.8 Å². The first kappa shape index (κ1) is 16.7. The number of hydroxylamine groups is 1. The molecule has 0 radical (unpaired) electrons. The van der Waals surface area contributed by atoms with Gasteiger partial charge in [0.2, 0.25) is 5.91 Å². The molecule has 0 aromatic heterocycles. The summed E-state index contributed by atoms with van der Waals surface area (Å²) in [4.78, 5) is 24.0. The molecule has 23 heavy (non-hydrogen) atoms. The van der Waals surface area contributed by atoms with Crippen LogP contribution in [-0.4, -0.2) is 23.6 Å². The van der Waals surface area contributed by atoms with Crippen LogP contribution >= 0.6 is 0 Å². The third-order valence-corrected chi connectivity index (χ3v) is 3.58. The van der Waals surface area contributed by atoms with Crippen molar-refractivity contribution in [1.82, 2.24) is 10.8 Å². The quantitative estimate of drug-likeness (QED) is 0.414. The zero-order chi connectivity index (χ0) is 16.5. The Balaban J connectivity index is 1.92. The molecule has 0 aliphatic heterocycles. The van der Waals surface area contributed by atoms with E-state index >= 15 is 0 Å². The average molecular weight is 312 g/mol. The fourth-order valence-corrected chi connectivity index (χ4v) is 2.33. The fraction of sp³-hybridized carbons (Fsp3) is 0.222. The predicted molar refractivity (Wildman–Crippen MR) is 86.7 cm³/mol. The van der Waals surface area contributed by atoms with Gasteiger partial charge in [0.25, 0.3) is 5.91 Å². The van der Waals surface area contributed by atoms with E-state index in [-0.39, 0.29) is 6.42 Å². The van der Waals surface area contributed by atoms with Crippen LogP contribution in [0.2, 0.25) is 0 Å². The summed E-state index contributed by atoms with van der Waals surface area (Å²) in [5, 5.41) is 11.6. The molecule has 0 heterocycles. The molecule has 5 nitrogen and oxygen atoms in total. The number of amides is 2. The van der Waals surface area contributed by atoms with Crippen LogP contribution in [0.4, 0.5) is 0 Å². The number of nitrogens with one attached hydrogen (secondary N) is 2. The molecule has 0 spiro atoms. The SMILES string of the molecule is O=C(NO)C(Cc1ccccc1)C(=O)NCCc1ccccc1. The minimum absolute atomic E-state index is 0.240. The molecule has 2 rings (SSSR count). The summed E-state index contributed by atoms with van der Waals surface area (Å²) < 4.78 is 0. The van der Waals surface area contributed by atoms with Crippen molar-refractivity contribution in [2.45, 2.75) is 12.8 Å². The van der Waals surface area contributed by atoms with Crippen molar-refractivity contribution < 1.29 is 14.8 Å². The number of rotatable bonds is 7. The van der Waals surface area contributed by atoms with Crippen LogP contribution in [0, 0.1) is 5.92 Å². The van der Waals surface area contributed by atoms with E-state index < -0.39 is 17.7 Å². The molecule has 5 heteroatoms. The third kappa shape index (κ3) is 5.23. The van der Waals surface area contributed by atoms with Crippen molar-refractivity contribution >= 4 is 11.8 Å². The van der Waals surface area contributed by atoms with Crippen LogP contribution in [0.15, 0.2) is 60.7 Å². The van der Waals surface area contributed by atoms with Gasteiger partial charge >= 0.3 is 0 Å². The Morgan fingerprint density at radius 2 is 1.43 bits per heavy atom. The molecule has 1 atom stereocenters. The van der Waals surface area contributed by atoms with Crippen molar-refractivity contribution in [2.75, 3.05) is 6.54 Å². The lowest BCUT2D eigenvalue weighted by Gasteiger charge is -2.15. The molecule has 2 amide bonds. The zero-order valence-corrected chi connectivity index (χ0v) is 12.7. The Labute approximate surface area is 135 Å². The molecule has 2 aromatic rings. The first-order valence-corrected chi connectivity index (χ1v) is 7.50. The highest BCUT2D eigenvalue weighted by Crippen LogP contribution is 2.09. The van der Waals surface area contributed by atoms with E-state index in [1.54, 1.807) is 5.48 Å². The second-order valence-electron chi connectivity index (χ2n) is 5.24. The van der Waals surface area contributed by atoms with E-state index in [1.165, 1.54) is 0 Å². The zero-order valence-electron chi connectivity index (χ0n) is 12.7. The van der Waals surface area contributed by atoms with Crippen molar-refractivity contribution in [3.63, 3.8) is 0 Å². The van der Waals surface area contributed by atoms with Crippen LogP contribution in [0.1, 0.15) is 11.1 Å². The van der Waals surface area contributed by atoms with Crippen LogP contribution in [0.3, 0.4) is 0 Å². The maximum Gasteiger partial charge on any atom is 0.256 e. The Morgan fingerprint density at radius 1 is 0.870 bits per heavy atom. The molecule has 0 bridgehead atoms. The summed E-state index contributed by atoms with van der Waals surface area (Å²) in [5.74, 6) is -2.06. The van der Waals surface area contributed by atoms with Gasteiger partial charge in [-0.2, -0.15) is 0 Å². The highest BCUT2D eigenvalue weighted by Gasteiger charge is 2.26. The molecular formula is C18H20N2O3. The number of carbonyl (C=O) groups excluding carboxylic acids is 2. The summed E-state index contributed by atoms with van der Waals surface area (Å²) in [5.41, 5.74) is 3.55. The Morgan fingerprint density at radius 3 is 2.00 bits per heavy atom. The minimum atomic E-state index is -0.960. The molecule has 0 saturated heterocycles. The number of carbonyl (C=O) groups is 2. The summed E-state index contributed by atoms with van der Waals surface area (Å²) >= 11 is 0. The summed E-state index contributed by atoms with van der Waals surface area (Å²) in [7, 11) is 0. The van der Waals surface area contributed by atoms with Gasteiger partial charge in [-0.3, -0.25) is 14.8 Å².